The van der Waals surface area contributed by atoms with Gasteiger partial charge in [-0.3, -0.25) is 9.48 Å². The van der Waals surface area contributed by atoms with Crippen LogP contribution in [-0.4, -0.2) is 29.8 Å². The zero-order valence-corrected chi connectivity index (χ0v) is 12.4. The second kappa shape index (κ2) is 6.74. The average molecular weight is 286 g/mol. The van der Waals surface area contributed by atoms with Crippen molar-refractivity contribution in [1.29, 1.82) is 0 Å². The minimum absolute atomic E-state index is 0.0866. The molecule has 0 saturated carbocycles. The zero-order valence-electron chi connectivity index (χ0n) is 12.4. The summed E-state index contributed by atoms with van der Waals surface area (Å²) in [6.07, 6.45) is 6.56. The summed E-state index contributed by atoms with van der Waals surface area (Å²) in [5, 5.41) is 4.09. The van der Waals surface area contributed by atoms with Gasteiger partial charge in [-0.25, -0.2) is 0 Å². The van der Waals surface area contributed by atoms with E-state index >= 15 is 0 Å². The molecule has 0 fully saturated rings. The fourth-order valence-electron chi connectivity index (χ4n) is 1.86. The predicted octanol–water partition coefficient (Wildman–Crippen LogP) is 2.82. The van der Waals surface area contributed by atoms with Crippen molar-refractivity contribution in [3.05, 3.63) is 47.8 Å². The molecule has 0 aliphatic carbocycles. The molecule has 0 aliphatic heterocycles. The average Bonchev–Trinajstić information content (AvgIpc) is 3.01. The summed E-state index contributed by atoms with van der Waals surface area (Å²) in [6.45, 7) is 2.71. The van der Waals surface area contributed by atoms with Crippen LogP contribution in [0.2, 0.25) is 0 Å². The monoisotopic (exact) mass is 286 g/mol. The van der Waals surface area contributed by atoms with E-state index in [2.05, 4.69) is 5.10 Å². The van der Waals surface area contributed by atoms with Gasteiger partial charge in [0.1, 0.15) is 11.5 Å². The summed E-state index contributed by atoms with van der Waals surface area (Å²) in [5.74, 6) is 1.27. The highest BCUT2D eigenvalue weighted by molar-refractivity contribution is 6.06. The highest BCUT2D eigenvalue weighted by Crippen LogP contribution is 2.23. The van der Waals surface area contributed by atoms with Crippen molar-refractivity contribution in [1.82, 2.24) is 9.78 Å². The molecule has 2 aromatic rings. The summed E-state index contributed by atoms with van der Waals surface area (Å²) in [7, 11) is 3.18. The van der Waals surface area contributed by atoms with Gasteiger partial charge in [0.2, 0.25) is 0 Å². The fraction of sp³-hybridized carbons (Fsp3) is 0.250. The lowest BCUT2D eigenvalue weighted by molar-refractivity contribution is 0.104. The number of aryl methyl sites for hydroxylation is 1. The molecule has 21 heavy (non-hydrogen) atoms. The fourth-order valence-corrected chi connectivity index (χ4v) is 1.86. The van der Waals surface area contributed by atoms with Crippen LogP contribution in [0.15, 0.2) is 36.7 Å². The van der Waals surface area contributed by atoms with Crippen LogP contribution in [0.3, 0.4) is 0 Å². The molecular weight excluding hydrogens is 268 g/mol. The summed E-state index contributed by atoms with van der Waals surface area (Å²) in [5.41, 5.74) is 1.41. The number of rotatable bonds is 6. The quantitative estimate of drug-likeness (QED) is 0.605. The molecule has 5 heteroatoms. The summed E-state index contributed by atoms with van der Waals surface area (Å²) >= 11 is 0. The lowest BCUT2D eigenvalue weighted by atomic mass is 10.1. The van der Waals surface area contributed by atoms with Gasteiger partial charge in [0, 0.05) is 18.8 Å². The number of carbonyl (C=O) groups is 1. The third-order valence-corrected chi connectivity index (χ3v) is 3.04. The molecule has 1 aromatic heterocycles. The first kappa shape index (κ1) is 14.8. The first-order valence-corrected chi connectivity index (χ1v) is 6.64. The van der Waals surface area contributed by atoms with Gasteiger partial charge in [0.05, 0.1) is 26.0 Å². The third kappa shape index (κ3) is 3.72. The normalized spacial score (nSPS) is 10.8. The van der Waals surface area contributed by atoms with Crippen molar-refractivity contribution in [3.8, 4) is 11.5 Å². The van der Waals surface area contributed by atoms with Gasteiger partial charge in [0.25, 0.3) is 0 Å². The molecule has 0 unspecified atom stereocenters. The minimum atomic E-state index is -0.0866. The van der Waals surface area contributed by atoms with Crippen LogP contribution in [0.5, 0.6) is 11.5 Å². The lowest BCUT2D eigenvalue weighted by Gasteiger charge is -2.05. The Labute approximate surface area is 123 Å². The Hall–Kier alpha value is -2.56. The minimum Gasteiger partial charge on any atom is -0.497 e. The highest BCUT2D eigenvalue weighted by atomic mass is 16.5. The first-order chi connectivity index (χ1) is 10.2. The van der Waals surface area contributed by atoms with Crippen LogP contribution in [-0.2, 0) is 6.54 Å². The lowest BCUT2D eigenvalue weighted by Crippen LogP contribution is -1.94. The second-order valence-electron chi connectivity index (χ2n) is 4.43. The van der Waals surface area contributed by atoms with Crippen molar-refractivity contribution in [2.24, 2.45) is 0 Å². The van der Waals surface area contributed by atoms with E-state index in [9.17, 15) is 4.79 Å². The molecule has 0 saturated heterocycles. The molecule has 0 radical (unpaired) electrons. The van der Waals surface area contributed by atoms with E-state index in [1.165, 1.54) is 6.08 Å². The molecule has 0 amide bonds. The number of nitrogens with zero attached hydrogens (tertiary/aromatic N) is 2. The van der Waals surface area contributed by atoms with Crippen molar-refractivity contribution in [2.75, 3.05) is 14.2 Å². The Morgan fingerprint density at radius 2 is 1.90 bits per heavy atom. The molecule has 0 aliphatic rings. The van der Waals surface area contributed by atoms with Crippen LogP contribution < -0.4 is 9.47 Å². The second-order valence-corrected chi connectivity index (χ2v) is 4.43. The number of carbonyl (C=O) groups excluding carboxylic acids is 1. The molecule has 110 valence electrons. The van der Waals surface area contributed by atoms with Gasteiger partial charge >= 0.3 is 0 Å². The van der Waals surface area contributed by atoms with Gasteiger partial charge in [-0.1, -0.05) is 6.08 Å². The number of ketones is 1. The van der Waals surface area contributed by atoms with E-state index in [0.29, 0.717) is 17.1 Å². The van der Waals surface area contributed by atoms with Gasteiger partial charge < -0.3 is 9.47 Å². The SMILES string of the molecule is CCn1cc(C(=O)/C=C\c2cc(OC)cc(OC)c2)cn1. The maximum atomic E-state index is 12.1. The van der Waals surface area contributed by atoms with E-state index < -0.39 is 0 Å². The Morgan fingerprint density at radius 1 is 1.24 bits per heavy atom. The third-order valence-electron chi connectivity index (χ3n) is 3.04. The van der Waals surface area contributed by atoms with Gasteiger partial charge in [-0.05, 0) is 30.7 Å². The van der Waals surface area contributed by atoms with E-state index in [1.807, 2.05) is 19.1 Å². The Balaban J connectivity index is 2.18. The van der Waals surface area contributed by atoms with Crippen molar-refractivity contribution >= 4 is 11.9 Å². The van der Waals surface area contributed by atoms with E-state index in [1.54, 1.807) is 43.4 Å². The molecular formula is C16H18N2O3. The topological polar surface area (TPSA) is 53.4 Å². The number of allylic oxidation sites excluding steroid dienone is 1. The number of aromatic nitrogens is 2. The molecule has 5 nitrogen and oxygen atoms in total. The number of ether oxygens (including phenoxy) is 2. The Bertz CT molecular complexity index is 637. The van der Waals surface area contributed by atoms with Crippen molar-refractivity contribution in [2.45, 2.75) is 13.5 Å². The smallest absolute Gasteiger partial charge is 0.189 e. The molecule has 0 atom stereocenters. The molecule has 0 spiro atoms. The molecule has 1 aromatic carbocycles. The van der Waals surface area contributed by atoms with Gasteiger partial charge in [-0.15, -0.1) is 0 Å². The van der Waals surface area contributed by atoms with E-state index in [-0.39, 0.29) is 5.78 Å². The summed E-state index contributed by atoms with van der Waals surface area (Å²) in [6, 6.07) is 5.45. The Morgan fingerprint density at radius 3 is 2.43 bits per heavy atom. The number of methoxy groups -OCH3 is 2. The van der Waals surface area contributed by atoms with Crippen molar-refractivity contribution < 1.29 is 14.3 Å². The molecule has 1 heterocycles. The maximum Gasteiger partial charge on any atom is 0.189 e. The largest absolute Gasteiger partial charge is 0.497 e. The first-order valence-electron chi connectivity index (χ1n) is 6.64. The van der Waals surface area contributed by atoms with Crippen LogP contribution in [0, 0.1) is 0 Å². The number of hydrogen-bond acceptors (Lipinski definition) is 4. The van der Waals surface area contributed by atoms with Crippen molar-refractivity contribution in [3.63, 3.8) is 0 Å². The Kier molecular flexibility index (Phi) is 4.77. The van der Waals surface area contributed by atoms with E-state index in [4.69, 9.17) is 9.47 Å². The molecule has 2 rings (SSSR count). The van der Waals surface area contributed by atoms with Crippen LogP contribution in [0.4, 0.5) is 0 Å². The number of benzene rings is 1. The maximum absolute atomic E-state index is 12.1. The van der Waals surface area contributed by atoms with E-state index in [0.717, 1.165) is 12.1 Å². The van der Waals surface area contributed by atoms with Crippen LogP contribution >= 0.6 is 0 Å². The summed E-state index contributed by atoms with van der Waals surface area (Å²) < 4.78 is 12.1. The van der Waals surface area contributed by atoms with Gasteiger partial charge in [0.15, 0.2) is 5.78 Å². The van der Waals surface area contributed by atoms with Crippen LogP contribution in [0.1, 0.15) is 22.8 Å². The number of hydrogen-bond donors (Lipinski definition) is 0. The predicted molar refractivity (Wildman–Crippen MR) is 80.8 cm³/mol. The zero-order chi connectivity index (χ0) is 15.2. The standard InChI is InChI=1S/C16H18N2O3/c1-4-18-11-13(10-17-18)16(19)6-5-12-7-14(20-2)9-15(8-12)21-3/h5-11H,4H2,1-3H3/b6-5-. The molecule has 0 bridgehead atoms. The van der Waals surface area contributed by atoms with Gasteiger partial charge in [-0.2, -0.15) is 5.10 Å². The summed E-state index contributed by atoms with van der Waals surface area (Å²) in [4.78, 5) is 12.1. The highest BCUT2D eigenvalue weighted by Gasteiger charge is 2.05. The molecule has 0 N–H and O–H groups in total. The van der Waals surface area contributed by atoms with Crippen LogP contribution in [0.25, 0.3) is 6.08 Å².